The van der Waals surface area contributed by atoms with Crippen molar-refractivity contribution >= 4 is 31.5 Å². The molecule has 30 heavy (non-hydrogen) atoms. The van der Waals surface area contributed by atoms with Crippen molar-refractivity contribution in [2.75, 3.05) is 32.1 Å². The fourth-order valence-corrected chi connectivity index (χ4v) is 5.59. The van der Waals surface area contributed by atoms with Crippen molar-refractivity contribution in [3.8, 4) is 0 Å². The van der Waals surface area contributed by atoms with E-state index in [4.69, 9.17) is 9.26 Å². The van der Waals surface area contributed by atoms with Gasteiger partial charge in [-0.1, -0.05) is 0 Å². The number of hydrogen-bond donors (Lipinski definition) is 4. The molecule has 2 aliphatic rings. The molecule has 2 aliphatic heterocycles. The highest BCUT2D eigenvalue weighted by molar-refractivity contribution is 8.00. The lowest BCUT2D eigenvalue weighted by Crippen LogP contribution is -2.39. The average molecular weight is 468 g/mol. The van der Waals surface area contributed by atoms with E-state index in [-0.39, 0.29) is 42.5 Å². The van der Waals surface area contributed by atoms with Gasteiger partial charge in [-0.25, -0.2) is 4.79 Å². The van der Waals surface area contributed by atoms with Crippen LogP contribution in [0.5, 0.6) is 0 Å². The number of hydrogen-bond acceptors (Lipinski definition) is 9. The molecule has 3 amide bonds. The van der Waals surface area contributed by atoms with Crippen LogP contribution in [0, 0.1) is 0 Å². The highest BCUT2D eigenvalue weighted by atomic mass is 32.2. The first-order valence-electron chi connectivity index (χ1n) is 9.83. The van der Waals surface area contributed by atoms with Crippen molar-refractivity contribution in [3.63, 3.8) is 0 Å². The minimum absolute atomic E-state index is 0.0153. The number of amides is 3. The maximum Gasteiger partial charge on any atom is 0.315 e. The Kier molecular flexibility index (Phi) is 9.41. The van der Waals surface area contributed by atoms with Crippen LogP contribution in [0.1, 0.15) is 33.6 Å². The van der Waals surface area contributed by atoms with Gasteiger partial charge in [0.1, 0.15) is 6.10 Å². The molecule has 5 atom stereocenters. The van der Waals surface area contributed by atoms with E-state index in [2.05, 4.69) is 20.5 Å². The van der Waals surface area contributed by atoms with Crippen LogP contribution >= 0.6 is 19.6 Å². The molecule has 174 valence electrons. The van der Waals surface area contributed by atoms with E-state index in [0.29, 0.717) is 19.4 Å². The van der Waals surface area contributed by atoms with Gasteiger partial charge in [-0.05, 0) is 27.2 Å². The Bertz CT molecular complexity index is 647. The van der Waals surface area contributed by atoms with E-state index >= 15 is 0 Å². The number of carbonyl (C=O) groups is 2. The molecule has 11 nitrogen and oxygen atoms in total. The van der Waals surface area contributed by atoms with Gasteiger partial charge >= 0.3 is 6.03 Å². The van der Waals surface area contributed by atoms with Crippen molar-refractivity contribution in [1.82, 2.24) is 16.0 Å². The van der Waals surface area contributed by atoms with E-state index in [1.807, 2.05) is 0 Å². The van der Waals surface area contributed by atoms with Crippen LogP contribution in [0.2, 0.25) is 0 Å². The summed E-state index contributed by atoms with van der Waals surface area (Å²) in [7, 11) is -4.49. The zero-order valence-corrected chi connectivity index (χ0v) is 19.1. The Balaban J connectivity index is 1.50. The van der Waals surface area contributed by atoms with Gasteiger partial charge in [0.15, 0.2) is 0 Å². The highest BCUT2D eigenvalue weighted by Crippen LogP contribution is 2.42. The molecule has 0 bridgehead atoms. The molecular weight excluding hydrogens is 437 g/mol. The molecule has 0 radical (unpaired) electrons. The minimum Gasteiger partial charge on any atom is -0.756 e. The van der Waals surface area contributed by atoms with Gasteiger partial charge in [-0.15, -0.1) is 0 Å². The number of rotatable bonds is 12. The van der Waals surface area contributed by atoms with Gasteiger partial charge in [-0.3, -0.25) is 9.36 Å². The van der Waals surface area contributed by atoms with Crippen LogP contribution < -0.4 is 20.8 Å². The number of carbonyl (C=O) groups excluding carboxylic acids is 2. The third-order valence-electron chi connectivity index (χ3n) is 4.23. The number of nitrogens with one attached hydrogen (secondary N) is 3. The number of ether oxygens (including phenoxy) is 1. The summed E-state index contributed by atoms with van der Waals surface area (Å²) < 4.78 is 26.3. The van der Waals surface area contributed by atoms with Crippen molar-refractivity contribution < 1.29 is 37.9 Å². The third-order valence-corrected chi connectivity index (χ3v) is 6.91. The maximum absolute atomic E-state index is 12.1. The van der Waals surface area contributed by atoms with Gasteiger partial charge < -0.3 is 39.7 Å². The largest absolute Gasteiger partial charge is 0.756 e. The summed E-state index contributed by atoms with van der Waals surface area (Å²) in [5.41, 5.74) is -0.913. The van der Waals surface area contributed by atoms with Gasteiger partial charge in [0.05, 0.1) is 30.9 Å². The van der Waals surface area contributed by atoms with Crippen LogP contribution in [0.25, 0.3) is 0 Å². The van der Waals surface area contributed by atoms with E-state index in [9.17, 15) is 24.2 Å². The lowest BCUT2D eigenvalue weighted by Gasteiger charge is -2.31. The molecule has 2 saturated heterocycles. The number of aliphatic hydroxyl groups is 1. The minimum atomic E-state index is -4.49. The predicted octanol–water partition coefficient (Wildman–Crippen LogP) is -0.274. The van der Waals surface area contributed by atoms with E-state index in [0.717, 1.165) is 5.75 Å². The fraction of sp³-hybridized carbons (Fsp3) is 0.882. The summed E-state index contributed by atoms with van der Waals surface area (Å²) in [5.74, 6) is 0.707. The third kappa shape index (κ3) is 9.09. The molecular formula is C17H31N3O8PS-. The summed E-state index contributed by atoms with van der Waals surface area (Å²) in [5, 5.41) is 18.3. The molecule has 0 aliphatic carbocycles. The van der Waals surface area contributed by atoms with E-state index < -0.39 is 26.1 Å². The first-order chi connectivity index (χ1) is 14.0. The number of thioether (sulfide) groups is 1. The molecule has 0 spiro atoms. The fourth-order valence-electron chi connectivity index (χ4n) is 3.03. The number of phosphoric acid groups is 1. The first-order valence-corrected chi connectivity index (χ1v) is 12.3. The molecule has 2 fully saturated rings. The number of phosphoric ester groups is 1. The lowest BCUT2D eigenvalue weighted by atomic mass is 10.1. The number of fused-ring (bicyclic) bond motifs is 1. The second-order valence-electron chi connectivity index (χ2n) is 8.20. The summed E-state index contributed by atoms with van der Waals surface area (Å²) in [4.78, 5) is 35.0. The Hall–Kier alpha value is -0.880. The molecule has 13 heteroatoms. The molecule has 4 N–H and O–H groups in total. The molecule has 2 heterocycles. The molecule has 0 saturated carbocycles. The SMILES string of the molecule is CC(C)(C)OP(=O)([O-])OCC(O)COCCCNC(=O)CC1SCC2NC(=O)NC21. The van der Waals surface area contributed by atoms with Crippen molar-refractivity contribution in [2.45, 2.75) is 62.7 Å². The summed E-state index contributed by atoms with van der Waals surface area (Å²) in [6, 6.07) is -0.113. The maximum atomic E-state index is 12.1. The molecule has 0 aromatic heterocycles. The van der Waals surface area contributed by atoms with Crippen molar-refractivity contribution in [3.05, 3.63) is 0 Å². The summed E-state index contributed by atoms with van der Waals surface area (Å²) in [6.45, 7) is 4.87. The van der Waals surface area contributed by atoms with Crippen LogP contribution in [-0.4, -0.2) is 78.2 Å². The van der Waals surface area contributed by atoms with Crippen LogP contribution in [0.3, 0.4) is 0 Å². The standard InChI is InChI=1S/C17H32N3O8PS/c1-17(2,3)28-29(24,25)27-9-11(21)8-26-6-4-5-18-14(22)7-13-15-12(10-30-13)19-16(23)20-15/h11-13,15,21H,4-10H2,1-3H3,(H,18,22)(H,24,25)(H2,19,20,23)/p-1. The zero-order valence-electron chi connectivity index (χ0n) is 17.4. The average Bonchev–Trinajstić information content (AvgIpc) is 3.14. The van der Waals surface area contributed by atoms with Crippen LogP contribution in [0.4, 0.5) is 4.79 Å². The smallest absolute Gasteiger partial charge is 0.315 e. The predicted molar refractivity (Wildman–Crippen MR) is 109 cm³/mol. The molecule has 0 aromatic carbocycles. The Morgan fingerprint density at radius 3 is 2.83 bits per heavy atom. The zero-order chi connectivity index (χ0) is 22.4. The second-order valence-corrected chi connectivity index (χ2v) is 10.8. The normalized spacial score (nSPS) is 26.4. The highest BCUT2D eigenvalue weighted by Gasteiger charge is 2.43. The topological polar surface area (TPSA) is 158 Å². The van der Waals surface area contributed by atoms with Gasteiger partial charge in [0.25, 0.3) is 7.82 Å². The Morgan fingerprint density at radius 2 is 2.13 bits per heavy atom. The van der Waals surface area contributed by atoms with Crippen molar-refractivity contribution in [2.24, 2.45) is 0 Å². The van der Waals surface area contributed by atoms with Gasteiger partial charge in [0.2, 0.25) is 5.91 Å². The second kappa shape index (κ2) is 11.1. The number of urea groups is 1. The summed E-state index contributed by atoms with van der Waals surface area (Å²) in [6.07, 6.45) is -0.251. The summed E-state index contributed by atoms with van der Waals surface area (Å²) >= 11 is 1.67. The molecule has 2 rings (SSSR count). The molecule has 5 unspecified atom stereocenters. The van der Waals surface area contributed by atoms with Gasteiger partial charge in [-0.2, -0.15) is 11.8 Å². The lowest BCUT2D eigenvalue weighted by molar-refractivity contribution is -0.235. The van der Waals surface area contributed by atoms with Crippen molar-refractivity contribution in [1.29, 1.82) is 0 Å². The monoisotopic (exact) mass is 468 g/mol. The molecule has 0 aromatic rings. The Labute approximate surface area is 180 Å². The number of aliphatic hydroxyl groups excluding tert-OH is 1. The van der Waals surface area contributed by atoms with E-state index in [1.165, 1.54) is 0 Å². The quantitative estimate of drug-likeness (QED) is 0.172. The van der Waals surface area contributed by atoms with Crippen LogP contribution in [-0.2, 0) is 23.1 Å². The van der Waals surface area contributed by atoms with Crippen LogP contribution in [0.15, 0.2) is 0 Å². The Morgan fingerprint density at radius 1 is 1.40 bits per heavy atom. The van der Waals surface area contributed by atoms with Gasteiger partial charge in [0, 0.05) is 30.6 Å². The first kappa shape index (κ1) is 25.4. The van der Waals surface area contributed by atoms with E-state index in [1.54, 1.807) is 32.5 Å².